The largest absolute Gasteiger partial charge is 1.00 e. The van der Waals surface area contributed by atoms with Crippen molar-refractivity contribution in [3.8, 4) is 0 Å². The summed E-state index contributed by atoms with van der Waals surface area (Å²) in [5.74, 6) is 0. The topological polar surface area (TPSA) is 0 Å². The summed E-state index contributed by atoms with van der Waals surface area (Å²) in [6, 6.07) is 0. The van der Waals surface area contributed by atoms with Gasteiger partial charge in [0.15, 0.2) is 0 Å². The van der Waals surface area contributed by atoms with Crippen molar-refractivity contribution < 1.29 is 29.6 Å². The van der Waals surface area contributed by atoms with E-state index < -0.39 is 0 Å². The van der Waals surface area contributed by atoms with E-state index in [4.69, 9.17) is 0 Å². The normalized spacial score (nSPS) is 3.60. The minimum Gasteiger partial charge on any atom is -0.335 e. The summed E-state index contributed by atoms with van der Waals surface area (Å²) in [6.45, 7) is 4.00. The second kappa shape index (κ2) is 17.2. The average molecular weight is 194 g/mol. The molecule has 0 spiro atoms. The molecule has 0 heterocycles. The Bertz CT molecular complexity index is 6.85. The number of rotatable bonds is 0. The fraction of sp³-hybridized carbons (Fsp3) is 0.667. The molecule has 0 N–H and O–H groups in total. The smallest absolute Gasteiger partial charge is 0.335 e. The van der Waals surface area contributed by atoms with Crippen LogP contribution in [0.15, 0.2) is 0 Å². The van der Waals surface area contributed by atoms with Crippen molar-refractivity contribution in [3.63, 3.8) is 0 Å². The van der Waals surface area contributed by atoms with Gasteiger partial charge in [0.2, 0.25) is 0 Å². The summed E-state index contributed by atoms with van der Waals surface area (Å²) in [4.78, 5) is 0. The quantitative estimate of drug-likeness (QED) is 0.259. The molecule has 0 aromatic rings. The molecule has 0 bridgehead atoms. The predicted octanol–water partition coefficient (Wildman–Crippen LogP) is -1.15. The van der Waals surface area contributed by atoms with E-state index in [9.17, 15) is 0 Å². The van der Waals surface area contributed by atoms with Gasteiger partial charge in [0.1, 0.15) is 0 Å². The Hall–Kier alpha value is 1.73. The second-order valence-corrected chi connectivity index (χ2v) is 0.577. The Labute approximate surface area is 73.0 Å². The molecule has 0 saturated carbocycles. The molecule has 0 fully saturated rings. The molecule has 0 unspecified atom stereocenters. The first-order valence-corrected chi connectivity index (χ1v) is 1.15. The maximum absolute atomic E-state index is 2.00. The second-order valence-electron chi connectivity index (χ2n) is 0.577. The van der Waals surface area contributed by atoms with Crippen LogP contribution in [0.2, 0.25) is 0 Å². The predicted molar refractivity (Wildman–Crippen MR) is 31.1 cm³/mol. The van der Waals surface area contributed by atoms with Gasteiger partial charge in [-0.25, -0.2) is 0 Å². The summed E-state index contributed by atoms with van der Waals surface area (Å²) in [6.07, 6.45) is 2.00. The van der Waals surface area contributed by atoms with Gasteiger partial charge in [0, 0.05) is 0 Å². The first-order chi connectivity index (χ1) is 1.41. The van der Waals surface area contributed by atoms with Gasteiger partial charge in [0.25, 0.3) is 0 Å². The Kier molecular flexibility index (Phi) is 54.6. The Balaban J connectivity index is -0.0000000200. The summed E-state index contributed by atoms with van der Waals surface area (Å²) < 4.78 is 0. The van der Waals surface area contributed by atoms with Gasteiger partial charge in [-0.2, -0.15) is 13.8 Å². The van der Waals surface area contributed by atoms with E-state index in [1.54, 1.807) is 0 Å². The van der Waals surface area contributed by atoms with E-state index in [0.717, 1.165) is 0 Å². The minimum atomic E-state index is 0. The van der Waals surface area contributed by atoms with Crippen molar-refractivity contribution in [1.82, 2.24) is 0 Å². The molecule has 0 nitrogen and oxygen atoms in total. The Morgan fingerprint density at radius 2 is 1.20 bits per heavy atom. The van der Waals surface area contributed by atoms with Crippen LogP contribution in [0.1, 0.15) is 13.8 Å². The summed E-state index contributed by atoms with van der Waals surface area (Å²) >= 11 is 0. The van der Waals surface area contributed by atoms with Gasteiger partial charge in [-0.05, 0) is 0 Å². The molecule has 0 aliphatic heterocycles. The summed E-state index contributed by atoms with van der Waals surface area (Å²) in [5.41, 5.74) is 0. The molecule has 28 valence electrons. The van der Waals surface area contributed by atoms with Crippen LogP contribution in [-0.4, -0.2) is 0 Å². The molecule has 0 aromatic carbocycles. The maximum Gasteiger partial charge on any atom is 1.00 e. The van der Waals surface area contributed by atoms with Crippen molar-refractivity contribution >= 4 is 24.0 Å². The third-order valence-electron chi connectivity index (χ3n) is 0. The standard InChI is InChI=1S/C3H7.HI.Na/c1-3-2;;/h3H,1-2H3;1H;/q-1;;+1. The number of halogens is 1. The molecule has 0 radical (unpaired) electrons. The zero-order chi connectivity index (χ0) is 2.71. The zero-order valence-corrected chi connectivity index (χ0v) is 8.32. The molecular formula is C3H8INa. The summed E-state index contributed by atoms with van der Waals surface area (Å²) in [7, 11) is 0. The van der Waals surface area contributed by atoms with Gasteiger partial charge < -0.3 is 6.42 Å². The van der Waals surface area contributed by atoms with Gasteiger partial charge in [0.05, 0.1) is 0 Å². The van der Waals surface area contributed by atoms with Crippen molar-refractivity contribution in [1.29, 1.82) is 0 Å². The van der Waals surface area contributed by atoms with Gasteiger partial charge in [-0.1, -0.05) is 0 Å². The monoisotopic (exact) mass is 194 g/mol. The van der Waals surface area contributed by atoms with Gasteiger partial charge >= 0.3 is 29.6 Å². The van der Waals surface area contributed by atoms with E-state index >= 15 is 0 Å². The van der Waals surface area contributed by atoms with Crippen molar-refractivity contribution in [2.45, 2.75) is 13.8 Å². The zero-order valence-electron chi connectivity index (χ0n) is 3.99. The maximum atomic E-state index is 2.00. The van der Waals surface area contributed by atoms with Crippen molar-refractivity contribution in [3.05, 3.63) is 6.42 Å². The molecule has 0 amide bonds. The van der Waals surface area contributed by atoms with E-state index in [1.165, 1.54) is 0 Å². The average Bonchev–Trinajstić information content (AvgIpc) is 0.918. The van der Waals surface area contributed by atoms with E-state index in [1.807, 2.05) is 20.3 Å². The summed E-state index contributed by atoms with van der Waals surface area (Å²) in [5, 5.41) is 0. The third-order valence-corrected chi connectivity index (χ3v) is 0. The van der Waals surface area contributed by atoms with Crippen LogP contribution in [0.4, 0.5) is 0 Å². The molecule has 0 aliphatic rings. The SMILES string of the molecule is C[CH-]C.I.[Na+]. The molecule has 0 rings (SSSR count). The minimum absolute atomic E-state index is 0. The van der Waals surface area contributed by atoms with Crippen molar-refractivity contribution in [2.75, 3.05) is 0 Å². The molecule has 0 aliphatic carbocycles. The van der Waals surface area contributed by atoms with Crippen molar-refractivity contribution in [2.24, 2.45) is 0 Å². The van der Waals surface area contributed by atoms with Crippen LogP contribution < -0.4 is 29.6 Å². The van der Waals surface area contributed by atoms with Crippen LogP contribution in [0.3, 0.4) is 0 Å². The fourth-order valence-corrected chi connectivity index (χ4v) is 0. The first-order valence-electron chi connectivity index (χ1n) is 1.15. The molecule has 0 aromatic heterocycles. The molecular weight excluding hydrogens is 186 g/mol. The number of hydrogen-bond acceptors (Lipinski definition) is 0. The fourth-order valence-electron chi connectivity index (χ4n) is 0. The van der Waals surface area contributed by atoms with Crippen LogP contribution in [0, 0.1) is 6.42 Å². The van der Waals surface area contributed by atoms with Crippen LogP contribution in [0.5, 0.6) is 0 Å². The molecule has 0 saturated heterocycles. The van der Waals surface area contributed by atoms with Crippen LogP contribution in [0.25, 0.3) is 0 Å². The Morgan fingerprint density at radius 3 is 1.20 bits per heavy atom. The molecule has 2 heteroatoms. The Morgan fingerprint density at radius 1 is 1.20 bits per heavy atom. The third kappa shape index (κ3) is 26.6. The van der Waals surface area contributed by atoms with E-state index in [-0.39, 0.29) is 53.5 Å². The van der Waals surface area contributed by atoms with E-state index in [2.05, 4.69) is 0 Å². The van der Waals surface area contributed by atoms with Crippen LogP contribution in [-0.2, 0) is 0 Å². The van der Waals surface area contributed by atoms with Gasteiger partial charge in [-0.15, -0.1) is 24.0 Å². The van der Waals surface area contributed by atoms with Crippen LogP contribution >= 0.6 is 24.0 Å². The molecule has 5 heavy (non-hydrogen) atoms. The van der Waals surface area contributed by atoms with E-state index in [0.29, 0.717) is 0 Å². The molecule has 0 atom stereocenters. The first kappa shape index (κ1) is 15.9. The van der Waals surface area contributed by atoms with Gasteiger partial charge in [-0.3, -0.25) is 0 Å². The number of hydrogen-bond donors (Lipinski definition) is 0.